The number of aromatic nitrogens is 1. The van der Waals surface area contributed by atoms with Crippen LogP contribution >= 0.6 is 0 Å². The molecule has 1 heterocycles. The van der Waals surface area contributed by atoms with Crippen molar-refractivity contribution in [3.63, 3.8) is 0 Å². The van der Waals surface area contributed by atoms with Gasteiger partial charge in [0, 0.05) is 24.5 Å². The number of hydrogen-bond acceptors (Lipinski definition) is 4. The second kappa shape index (κ2) is 8.73. The molecule has 2 aromatic carbocycles. The fourth-order valence-electron chi connectivity index (χ4n) is 2.64. The van der Waals surface area contributed by atoms with Gasteiger partial charge in [0.15, 0.2) is 0 Å². The van der Waals surface area contributed by atoms with Crippen molar-refractivity contribution in [2.75, 3.05) is 0 Å². The van der Waals surface area contributed by atoms with E-state index >= 15 is 0 Å². The van der Waals surface area contributed by atoms with Crippen LogP contribution in [0.4, 0.5) is 0 Å². The zero-order valence-corrected chi connectivity index (χ0v) is 14.6. The van der Waals surface area contributed by atoms with E-state index in [1.54, 1.807) is 30.0 Å². The van der Waals surface area contributed by atoms with Crippen LogP contribution in [-0.2, 0) is 17.8 Å². The van der Waals surface area contributed by atoms with Gasteiger partial charge in [0.2, 0.25) is 5.91 Å². The van der Waals surface area contributed by atoms with Gasteiger partial charge in [0.25, 0.3) is 5.91 Å². The van der Waals surface area contributed by atoms with Gasteiger partial charge in [0.05, 0.1) is 6.42 Å². The molecule has 0 aliphatic rings. The molecule has 0 fully saturated rings. The van der Waals surface area contributed by atoms with E-state index < -0.39 is 5.91 Å². The molecule has 0 saturated heterocycles. The molecular formula is C21H19N3O3. The first-order valence-corrected chi connectivity index (χ1v) is 8.45. The molecule has 136 valence electrons. The lowest BCUT2D eigenvalue weighted by Gasteiger charge is -2.07. The topological polar surface area (TPSA) is 91.3 Å². The lowest BCUT2D eigenvalue weighted by atomic mass is 10.0. The summed E-state index contributed by atoms with van der Waals surface area (Å²) in [7, 11) is 0. The van der Waals surface area contributed by atoms with Crippen LogP contribution in [0.3, 0.4) is 0 Å². The Morgan fingerprint density at radius 2 is 1.56 bits per heavy atom. The largest absolute Gasteiger partial charge is 0.352 e. The summed E-state index contributed by atoms with van der Waals surface area (Å²) in [6, 6.07) is 18.4. The van der Waals surface area contributed by atoms with E-state index in [0.29, 0.717) is 18.5 Å². The maximum Gasteiger partial charge on any atom is 0.274 e. The average molecular weight is 361 g/mol. The van der Waals surface area contributed by atoms with Crippen molar-refractivity contribution in [1.82, 2.24) is 15.8 Å². The fourth-order valence-corrected chi connectivity index (χ4v) is 2.64. The first-order valence-electron chi connectivity index (χ1n) is 8.45. The van der Waals surface area contributed by atoms with Crippen LogP contribution in [0.1, 0.15) is 21.5 Å². The summed E-state index contributed by atoms with van der Waals surface area (Å²) >= 11 is 0. The van der Waals surface area contributed by atoms with Crippen molar-refractivity contribution in [2.45, 2.75) is 13.0 Å². The number of carbonyl (C=O) groups is 2. The number of rotatable bonds is 6. The predicted molar refractivity (Wildman–Crippen MR) is 101 cm³/mol. The minimum atomic E-state index is -0.543. The molecule has 2 amide bonds. The SMILES string of the molecule is O=C(Cc1cccnc1)NCc1ccc(-c2ccc(C(=O)NO)cc2)cc1. The van der Waals surface area contributed by atoms with Crippen LogP contribution in [0.5, 0.6) is 0 Å². The highest BCUT2D eigenvalue weighted by atomic mass is 16.5. The molecule has 0 spiro atoms. The summed E-state index contributed by atoms with van der Waals surface area (Å²) < 4.78 is 0. The third-order valence-corrected chi connectivity index (χ3v) is 4.11. The Hall–Kier alpha value is -3.51. The van der Waals surface area contributed by atoms with E-state index in [0.717, 1.165) is 22.3 Å². The molecule has 0 saturated carbocycles. The molecule has 6 heteroatoms. The van der Waals surface area contributed by atoms with Crippen LogP contribution < -0.4 is 10.8 Å². The molecule has 1 aromatic heterocycles. The second-order valence-electron chi connectivity index (χ2n) is 6.03. The van der Waals surface area contributed by atoms with E-state index in [1.807, 2.05) is 48.5 Å². The quantitative estimate of drug-likeness (QED) is 0.465. The molecule has 0 unspecified atom stereocenters. The Bertz CT molecular complexity index is 908. The molecule has 0 radical (unpaired) electrons. The number of pyridine rings is 1. The van der Waals surface area contributed by atoms with E-state index in [2.05, 4.69) is 10.3 Å². The third kappa shape index (κ3) is 4.99. The van der Waals surface area contributed by atoms with E-state index in [4.69, 9.17) is 5.21 Å². The van der Waals surface area contributed by atoms with Crippen molar-refractivity contribution in [2.24, 2.45) is 0 Å². The van der Waals surface area contributed by atoms with Crippen LogP contribution in [-0.4, -0.2) is 22.0 Å². The van der Waals surface area contributed by atoms with E-state index in [9.17, 15) is 9.59 Å². The molecule has 6 nitrogen and oxygen atoms in total. The van der Waals surface area contributed by atoms with Crippen molar-refractivity contribution in [3.05, 3.63) is 89.7 Å². The van der Waals surface area contributed by atoms with E-state index in [-0.39, 0.29) is 5.91 Å². The Morgan fingerprint density at radius 3 is 2.15 bits per heavy atom. The number of benzene rings is 2. The molecule has 3 aromatic rings. The lowest BCUT2D eigenvalue weighted by molar-refractivity contribution is -0.120. The van der Waals surface area contributed by atoms with E-state index in [1.165, 1.54) is 0 Å². The fraction of sp³-hybridized carbons (Fsp3) is 0.0952. The van der Waals surface area contributed by atoms with Crippen molar-refractivity contribution >= 4 is 11.8 Å². The predicted octanol–water partition coefficient (Wildman–Crippen LogP) is 2.73. The van der Waals surface area contributed by atoms with Gasteiger partial charge in [0.1, 0.15) is 0 Å². The Labute approximate surface area is 156 Å². The summed E-state index contributed by atoms with van der Waals surface area (Å²) in [4.78, 5) is 27.3. The molecule has 3 N–H and O–H groups in total. The van der Waals surface area contributed by atoms with Gasteiger partial charge in [-0.05, 0) is 40.5 Å². The minimum absolute atomic E-state index is 0.0511. The van der Waals surface area contributed by atoms with Crippen molar-refractivity contribution < 1.29 is 14.8 Å². The normalized spacial score (nSPS) is 10.3. The average Bonchev–Trinajstić information content (AvgIpc) is 2.73. The molecule has 0 aliphatic heterocycles. The highest BCUT2D eigenvalue weighted by Crippen LogP contribution is 2.20. The first kappa shape index (κ1) is 18.3. The van der Waals surface area contributed by atoms with Crippen LogP contribution in [0.25, 0.3) is 11.1 Å². The van der Waals surface area contributed by atoms with Gasteiger partial charge >= 0.3 is 0 Å². The number of hydroxylamine groups is 1. The highest BCUT2D eigenvalue weighted by molar-refractivity contribution is 5.93. The highest BCUT2D eigenvalue weighted by Gasteiger charge is 2.06. The maximum atomic E-state index is 12.0. The Kier molecular flexibility index (Phi) is 5.91. The molecule has 0 aliphatic carbocycles. The van der Waals surface area contributed by atoms with Crippen LogP contribution in [0.2, 0.25) is 0 Å². The second-order valence-corrected chi connectivity index (χ2v) is 6.03. The number of carbonyl (C=O) groups excluding carboxylic acids is 2. The number of amides is 2. The zero-order chi connectivity index (χ0) is 19.1. The number of nitrogens with one attached hydrogen (secondary N) is 2. The number of nitrogens with zero attached hydrogens (tertiary/aromatic N) is 1. The van der Waals surface area contributed by atoms with Gasteiger partial charge in [-0.25, -0.2) is 5.48 Å². The van der Waals surface area contributed by atoms with Crippen molar-refractivity contribution in [1.29, 1.82) is 0 Å². The van der Waals surface area contributed by atoms with Crippen LogP contribution in [0, 0.1) is 0 Å². The molecule has 0 atom stereocenters. The maximum absolute atomic E-state index is 12.0. The molecular weight excluding hydrogens is 342 g/mol. The monoisotopic (exact) mass is 361 g/mol. The lowest BCUT2D eigenvalue weighted by Crippen LogP contribution is -2.24. The molecule has 3 rings (SSSR count). The van der Waals surface area contributed by atoms with Gasteiger partial charge in [-0.3, -0.25) is 19.8 Å². The first-order chi connectivity index (χ1) is 13.2. The molecule has 27 heavy (non-hydrogen) atoms. The van der Waals surface area contributed by atoms with Gasteiger partial charge < -0.3 is 5.32 Å². The Balaban J connectivity index is 1.57. The number of hydrogen-bond donors (Lipinski definition) is 3. The summed E-state index contributed by atoms with van der Waals surface area (Å²) in [5, 5.41) is 11.5. The van der Waals surface area contributed by atoms with Gasteiger partial charge in [-0.15, -0.1) is 0 Å². The smallest absolute Gasteiger partial charge is 0.274 e. The van der Waals surface area contributed by atoms with Crippen molar-refractivity contribution in [3.8, 4) is 11.1 Å². The standard InChI is InChI=1S/C21H19N3O3/c25-20(12-16-2-1-11-22-13-16)23-14-15-3-5-17(6-4-15)18-7-9-19(10-8-18)21(26)24-27/h1-11,13,27H,12,14H2,(H,23,25)(H,24,26). The third-order valence-electron chi connectivity index (χ3n) is 4.11. The minimum Gasteiger partial charge on any atom is -0.352 e. The zero-order valence-electron chi connectivity index (χ0n) is 14.6. The van der Waals surface area contributed by atoms with Crippen LogP contribution in [0.15, 0.2) is 73.1 Å². The summed E-state index contributed by atoms with van der Waals surface area (Å²) in [6.07, 6.45) is 3.67. The summed E-state index contributed by atoms with van der Waals surface area (Å²) in [6.45, 7) is 0.453. The van der Waals surface area contributed by atoms with Gasteiger partial charge in [-0.1, -0.05) is 42.5 Å². The van der Waals surface area contributed by atoms with Gasteiger partial charge in [-0.2, -0.15) is 0 Å². The summed E-state index contributed by atoms with van der Waals surface area (Å²) in [5.74, 6) is -0.594. The summed E-state index contributed by atoms with van der Waals surface area (Å²) in [5.41, 5.74) is 5.82. The Morgan fingerprint density at radius 1 is 0.889 bits per heavy atom. The molecule has 0 bridgehead atoms.